The Labute approximate surface area is 258 Å². The molecule has 0 aliphatic carbocycles. The molecule has 1 saturated heterocycles. The van der Waals surface area contributed by atoms with Crippen LogP contribution in [0.3, 0.4) is 0 Å². The molecular formula is C33H35N5O7. The number of ether oxygens (including phenoxy) is 2. The van der Waals surface area contributed by atoms with Crippen molar-refractivity contribution in [3.05, 3.63) is 59.7 Å². The van der Waals surface area contributed by atoms with Gasteiger partial charge in [-0.05, 0) is 24.6 Å². The quantitative estimate of drug-likeness (QED) is 0.236. The number of methoxy groups -OCH3 is 1. The highest BCUT2D eigenvalue weighted by Crippen LogP contribution is 2.57. The Kier molecular flexibility index (Phi) is 7.09. The van der Waals surface area contributed by atoms with Gasteiger partial charge in [-0.3, -0.25) is 14.4 Å². The minimum atomic E-state index is -1.93. The Morgan fingerprint density at radius 1 is 0.978 bits per heavy atom. The number of benzene rings is 3. The normalized spacial score (nSPS) is 22.3. The third-order valence-corrected chi connectivity index (χ3v) is 8.78. The van der Waals surface area contributed by atoms with Crippen LogP contribution in [-0.4, -0.2) is 89.6 Å². The molecule has 3 unspecified atom stereocenters. The Bertz CT molecular complexity index is 2030. The van der Waals surface area contributed by atoms with Crippen LogP contribution in [0.15, 0.2) is 48.5 Å². The number of carbonyl (C=O) groups is 4. The molecule has 3 atom stereocenters. The number of amides is 3. The summed E-state index contributed by atoms with van der Waals surface area (Å²) in [7, 11) is 8.03. The number of hydrogen-bond donors (Lipinski definition) is 2. The molecule has 3 aliphatic heterocycles. The predicted molar refractivity (Wildman–Crippen MR) is 168 cm³/mol. The van der Waals surface area contributed by atoms with Gasteiger partial charge in [-0.25, -0.2) is 4.79 Å². The van der Waals surface area contributed by atoms with Crippen molar-refractivity contribution >= 4 is 68.3 Å². The molecule has 0 saturated carbocycles. The fourth-order valence-corrected chi connectivity index (χ4v) is 6.89. The van der Waals surface area contributed by atoms with Crippen molar-refractivity contribution in [1.82, 2.24) is 24.3 Å². The standard InChI is InChI=1S/C27H21N3O5.2C3H7NO/c1-26-27(33,25(32)34-2)11-18(35-26)29-16-9-5-3-7-13(16)20-21-15(12-28-24(21)31)19-14-8-4-6-10-17(14)30(26)23(19)22(20)29;2*1-4(2)3-5/h3-10,18,33H,11-12H2,1-2H3,(H,28,31);2*3H,1-2H3. The van der Waals surface area contributed by atoms with E-state index in [9.17, 15) is 24.3 Å². The van der Waals surface area contributed by atoms with Gasteiger partial charge in [0.15, 0.2) is 5.72 Å². The van der Waals surface area contributed by atoms with Crippen molar-refractivity contribution in [2.45, 2.75) is 37.4 Å². The maximum absolute atomic E-state index is 13.2. The molecule has 12 heteroatoms. The number of rotatable bonds is 3. The van der Waals surface area contributed by atoms with Crippen LogP contribution in [0.4, 0.5) is 0 Å². The molecule has 3 aliphatic rings. The summed E-state index contributed by atoms with van der Waals surface area (Å²) < 4.78 is 15.8. The van der Waals surface area contributed by atoms with E-state index in [0.29, 0.717) is 12.1 Å². The number of aromatic nitrogens is 2. The third kappa shape index (κ3) is 4.05. The molecule has 5 heterocycles. The third-order valence-electron chi connectivity index (χ3n) is 8.78. The number of esters is 1. The van der Waals surface area contributed by atoms with Crippen molar-refractivity contribution in [3.63, 3.8) is 0 Å². The summed E-state index contributed by atoms with van der Waals surface area (Å²) in [6.45, 7) is 2.17. The van der Waals surface area contributed by atoms with Crippen LogP contribution in [0.5, 0.6) is 0 Å². The molecule has 0 radical (unpaired) electrons. The molecule has 3 amide bonds. The van der Waals surface area contributed by atoms with Crippen LogP contribution >= 0.6 is 0 Å². The number of carbonyl (C=O) groups excluding carboxylic acids is 4. The Balaban J connectivity index is 0.000000314. The van der Waals surface area contributed by atoms with Crippen LogP contribution in [-0.2, 0) is 36.1 Å². The van der Waals surface area contributed by atoms with Gasteiger partial charge in [-0.2, -0.15) is 0 Å². The lowest BCUT2D eigenvalue weighted by Crippen LogP contribution is -2.56. The minimum Gasteiger partial charge on any atom is -0.467 e. The lowest BCUT2D eigenvalue weighted by molar-refractivity contribution is -0.202. The summed E-state index contributed by atoms with van der Waals surface area (Å²) in [5.74, 6) is -0.822. The molecule has 0 spiro atoms. The van der Waals surface area contributed by atoms with Gasteiger partial charge in [-0.1, -0.05) is 36.4 Å². The zero-order valence-corrected chi connectivity index (χ0v) is 26.0. The molecule has 8 rings (SSSR count). The average molecular weight is 614 g/mol. The van der Waals surface area contributed by atoms with Crippen LogP contribution in [0.25, 0.3) is 43.6 Å². The van der Waals surface area contributed by atoms with E-state index in [-0.39, 0.29) is 12.3 Å². The van der Waals surface area contributed by atoms with E-state index in [1.165, 1.54) is 16.9 Å². The van der Waals surface area contributed by atoms with Gasteiger partial charge >= 0.3 is 5.97 Å². The zero-order valence-electron chi connectivity index (χ0n) is 26.0. The number of para-hydroxylation sites is 2. The molecule has 12 nitrogen and oxygen atoms in total. The van der Waals surface area contributed by atoms with Crippen molar-refractivity contribution in [1.29, 1.82) is 0 Å². The lowest BCUT2D eigenvalue weighted by atomic mass is 9.88. The van der Waals surface area contributed by atoms with Crippen LogP contribution in [0.2, 0.25) is 0 Å². The lowest BCUT2D eigenvalue weighted by Gasteiger charge is -2.37. The Morgan fingerprint density at radius 3 is 2.11 bits per heavy atom. The summed E-state index contributed by atoms with van der Waals surface area (Å²) in [5, 5.41) is 18.7. The number of nitrogens with one attached hydrogen (secondary N) is 1. The summed E-state index contributed by atoms with van der Waals surface area (Å²) in [5.41, 5.74) is 1.69. The van der Waals surface area contributed by atoms with Gasteiger partial charge in [0, 0.05) is 62.7 Å². The fraction of sp³-hybridized carbons (Fsp3) is 0.333. The van der Waals surface area contributed by atoms with Crippen molar-refractivity contribution in [2.24, 2.45) is 0 Å². The van der Waals surface area contributed by atoms with E-state index >= 15 is 0 Å². The monoisotopic (exact) mass is 613 g/mol. The van der Waals surface area contributed by atoms with Gasteiger partial charge < -0.3 is 38.8 Å². The highest BCUT2D eigenvalue weighted by molar-refractivity contribution is 6.31. The molecule has 3 aromatic carbocycles. The highest BCUT2D eigenvalue weighted by atomic mass is 16.6. The largest absolute Gasteiger partial charge is 0.467 e. The highest BCUT2D eigenvalue weighted by Gasteiger charge is 2.65. The maximum Gasteiger partial charge on any atom is 0.343 e. The number of aliphatic hydroxyl groups is 1. The summed E-state index contributed by atoms with van der Waals surface area (Å²) >= 11 is 0. The molecule has 234 valence electrons. The number of nitrogens with zero attached hydrogens (tertiary/aromatic N) is 4. The average Bonchev–Trinajstić information content (AvgIpc) is 3.74. The van der Waals surface area contributed by atoms with E-state index < -0.39 is 23.5 Å². The van der Waals surface area contributed by atoms with E-state index in [0.717, 1.165) is 62.0 Å². The Morgan fingerprint density at radius 2 is 1.53 bits per heavy atom. The van der Waals surface area contributed by atoms with Gasteiger partial charge in [0.25, 0.3) is 5.91 Å². The SMILES string of the molecule is CN(C)C=O.CN(C)C=O.COC(=O)C1(O)CC2OC1(C)n1c3ccccc3c3c4c(c5c6ccccc6n2c5c31)C(=O)NC4. The first-order chi connectivity index (χ1) is 21.4. The smallest absolute Gasteiger partial charge is 0.343 e. The van der Waals surface area contributed by atoms with Crippen molar-refractivity contribution in [2.75, 3.05) is 35.3 Å². The molecule has 45 heavy (non-hydrogen) atoms. The first kappa shape index (κ1) is 30.1. The predicted octanol–water partition coefficient (Wildman–Crippen LogP) is 3.06. The fourth-order valence-electron chi connectivity index (χ4n) is 6.89. The molecule has 5 aromatic rings. The summed E-state index contributed by atoms with van der Waals surface area (Å²) in [6.07, 6.45) is 0.872. The van der Waals surface area contributed by atoms with Gasteiger partial charge in [-0.15, -0.1) is 0 Å². The van der Waals surface area contributed by atoms with E-state index in [4.69, 9.17) is 9.47 Å². The van der Waals surface area contributed by atoms with Gasteiger partial charge in [0.05, 0.1) is 34.7 Å². The number of hydrogen-bond acceptors (Lipinski definition) is 7. The molecule has 2 N–H and O–H groups in total. The maximum atomic E-state index is 13.2. The molecule has 1 fully saturated rings. The first-order valence-corrected chi connectivity index (χ1v) is 14.5. The van der Waals surface area contributed by atoms with Gasteiger partial charge in [0.2, 0.25) is 18.4 Å². The second-order valence-corrected chi connectivity index (χ2v) is 12.0. The second kappa shape index (κ2) is 10.6. The summed E-state index contributed by atoms with van der Waals surface area (Å²) in [4.78, 5) is 48.1. The van der Waals surface area contributed by atoms with E-state index in [1.807, 2.05) is 53.1 Å². The van der Waals surface area contributed by atoms with Gasteiger partial charge in [0.1, 0.15) is 6.23 Å². The molecular weight excluding hydrogens is 578 g/mol. The second-order valence-electron chi connectivity index (χ2n) is 12.0. The number of fused-ring (bicyclic) bond motifs is 13. The minimum absolute atomic E-state index is 0.0146. The van der Waals surface area contributed by atoms with E-state index in [2.05, 4.69) is 9.88 Å². The van der Waals surface area contributed by atoms with Crippen molar-refractivity contribution < 1.29 is 33.8 Å². The molecule has 2 bridgehead atoms. The summed E-state index contributed by atoms with van der Waals surface area (Å²) in [6, 6.07) is 15.8. The first-order valence-electron chi connectivity index (χ1n) is 14.5. The topological polar surface area (TPSA) is 135 Å². The van der Waals surface area contributed by atoms with Crippen molar-refractivity contribution in [3.8, 4) is 0 Å². The van der Waals surface area contributed by atoms with E-state index in [1.54, 1.807) is 35.1 Å². The van der Waals surface area contributed by atoms with Crippen LogP contribution in [0.1, 0.15) is 35.5 Å². The zero-order chi connectivity index (χ0) is 32.4. The van der Waals surface area contributed by atoms with Crippen LogP contribution < -0.4 is 5.32 Å². The Hall–Kier alpha value is -4.94. The molecule has 2 aromatic heterocycles. The van der Waals surface area contributed by atoms with Crippen LogP contribution in [0, 0.1) is 0 Å².